The van der Waals surface area contributed by atoms with Crippen molar-refractivity contribution in [3.63, 3.8) is 0 Å². The molecule has 0 fully saturated rings. The number of nitrogens with zero attached hydrogens (tertiary/aromatic N) is 1. The topological polar surface area (TPSA) is 24.4 Å². The van der Waals surface area contributed by atoms with Gasteiger partial charge in [0.05, 0.1) is 0 Å². The molecule has 2 nitrogen and oxygen atoms in total. The first-order chi connectivity index (χ1) is 9.86. The Morgan fingerprint density at radius 1 is 1.25 bits per heavy atom. The molecule has 0 saturated carbocycles. The summed E-state index contributed by atoms with van der Waals surface area (Å²) in [6.45, 7) is 10.8. The predicted molar refractivity (Wildman–Crippen MR) is 89.8 cm³/mol. The van der Waals surface area contributed by atoms with Crippen LogP contribution in [0.15, 0.2) is 65.4 Å². The summed E-state index contributed by atoms with van der Waals surface area (Å²) in [6.07, 6.45) is 6.84. The maximum Gasteiger partial charge on any atom is 0.133 e. The lowest BCUT2D eigenvalue weighted by atomic mass is 9.97. The zero-order valence-corrected chi connectivity index (χ0v) is 12.7. The van der Waals surface area contributed by atoms with Crippen LogP contribution in [0, 0.1) is 0 Å². The average Bonchev–Trinajstić information content (AvgIpc) is 2.72. The van der Waals surface area contributed by atoms with E-state index in [0.29, 0.717) is 0 Å². The van der Waals surface area contributed by atoms with Gasteiger partial charge in [-0.1, -0.05) is 62.9 Å². The number of aliphatic imine (C=N–C) groups is 1. The summed E-state index contributed by atoms with van der Waals surface area (Å²) in [5.74, 6) is 0.903. The van der Waals surface area contributed by atoms with Crippen LogP contribution in [0.4, 0.5) is 0 Å². The standard InChI is InChI=1S/C16H18N2.C2H6/c1-3-14-15(13-9-6-5-7-10-13)11-8-12-18-16(14)17-4-2;1-2/h3,5-7,9-12,17H,1,4,8H2,2H3;1-2H3. The minimum Gasteiger partial charge on any atom is -0.370 e. The zero-order valence-electron chi connectivity index (χ0n) is 12.7. The summed E-state index contributed by atoms with van der Waals surface area (Å²) in [5.41, 5.74) is 3.46. The van der Waals surface area contributed by atoms with Crippen LogP contribution in [0.1, 0.15) is 32.8 Å². The Hall–Kier alpha value is -2.09. The summed E-state index contributed by atoms with van der Waals surface area (Å²) in [5, 5.41) is 3.29. The van der Waals surface area contributed by atoms with Gasteiger partial charge < -0.3 is 5.32 Å². The van der Waals surface area contributed by atoms with E-state index in [9.17, 15) is 0 Å². The number of benzene rings is 1. The Morgan fingerprint density at radius 3 is 2.55 bits per heavy atom. The molecule has 20 heavy (non-hydrogen) atoms. The predicted octanol–water partition coefficient (Wildman–Crippen LogP) is 4.58. The molecular weight excluding hydrogens is 244 g/mol. The molecule has 0 amide bonds. The van der Waals surface area contributed by atoms with Crippen LogP contribution in [-0.4, -0.2) is 12.8 Å². The summed E-state index contributed by atoms with van der Waals surface area (Å²) in [7, 11) is 0. The van der Waals surface area contributed by atoms with Gasteiger partial charge in [-0.3, -0.25) is 0 Å². The maximum atomic E-state index is 4.46. The first-order valence-corrected chi connectivity index (χ1v) is 7.26. The van der Waals surface area contributed by atoms with E-state index in [0.717, 1.165) is 24.4 Å². The second kappa shape index (κ2) is 8.92. The van der Waals surface area contributed by atoms with Crippen LogP contribution in [0.3, 0.4) is 0 Å². The Labute approximate surface area is 122 Å². The number of hydrogen-bond donors (Lipinski definition) is 1. The smallest absolute Gasteiger partial charge is 0.133 e. The molecule has 2 heteroatoms. The fraction of sp³-hybridized carbons (Fsp3) is 0.278. The fourth-order valence-electron chi connectivity index (χ4n) is 2.03. The van der Waals surface area contributed by atoms with Crippen molar-refractivity contribution in [3.05, 3.63) is 66.0 Å². The third kappa shape index (κ3) is 3.95. The van der Waals surface area contributed by atoms with Gasteiger partial charge in [0, 0.05) is 24.8 Å². The van der Waals surface area contributed by atoms with Gasteiger partial charge in [0.1, 0.15) is 5.82 Å². The molecule has 0 spiro atoms. The third-order valence-corrected chi connectivity index (χ3v) is 2.83. The van der Waals surface area contributed by atoms with E-state index in [4.69, 9.17) is 0 Å². The lowest BCUT2D eigenvalue weighted by molar-refractivity contribution is 0.837. The first kappa shape index (κ1) is 16.0. The molecule has 0 bridgehead atoms. The number of hydrogen-bond acceptors (Lipinski definition) is 2. The number of rotatable bonds is 4. The van der Waals surface area contributed by atoms with Gasteiger partial charge in [0.15, 0.2) is 0 Å². The van der Waals surface area contributed by atoms with Crippen molar-refractivity contribution in [2.45, 2.75) is 27.2 Å². The molecule has 0 saturated heterocycles. The molecule has 0 radical (unpaired) electrons. The molecular formula is C18H24N2. The number of allylic oxidation sites excluding steroid dienone is 4. The van der Waals surface area contributed by atoms with Crippen molar-refractivity contribution in [1.82, 2.24) is 5.32 Å². The summed E-state index contributed by atoms with van der Waals surface area (Å²) >= 11 is 0. The van der Waals surface area contributed by atoms with E-state index in [-0.39, 0.29) is 0 Å². The van der Waals surface area contributed by atoms with Crippen molar-refractivity contribution < 1.29 is 0 Å². The van der Waals surface area contributed by atoms with Gasteiger partial charge in [-0.05, 0) is 18.1 Å². The van der Waals surface area contributed by atoms with E-state index in [1.54, 1.807) is 0 Å². The fourth-order valence-corrected chi connectivity index (χ4v) is 2.03. The Bertz CT molecular complexity index is 507. The molecule has 106 valence electrons. The van der Waals surface area contributed by atoms with E-state index in [1.807, 2.05) is 32.2 Å². The van der Waals surface area contributed by atoms with Gasteiger partial charge in [-0.15, -0.1) is 0 Å². The molecule has 2 rings (SSSR count). The summed E-state index contributed by atoms with van der Waals surface area (Å²) in [4.78, 5) is 4.46. The summed E-state index contributed by atoms with van der Waals surface area (Å²) in [6, 6.07) is 10.4. The molecule has 1 aromatic rings. The second-order valence-electron chi connectivity index (χ2n) is 4.03. The monoisotopic (exact) mass is 268 g/mol. The van der Waals surface area contributed by atoms with Crippen LogP contribution in [0.5, 0.6) is 0 Å². The van der Waals surface area contributed by atoms with Gasteiger partial charge in [-0.2, -0.15) is 0 Å². The van der Waals surface area contributed by atoms with Crippen LogP contribution in [0.25, 0.3) is 5.57 Å². The summed E-state index contributed by atoms with van der Waals surface area (Å²) < 4.78 is 0. The van der Waals surface area contributed by atoms with E-state index in [1.165, 1.54) is 11.1 Å². The van der Waals surface area contributed by atoms with Gasteiger partial charge in [0.25, 0.3) is 0 Å². The minimum atomic E-state index is 0.844. The van der Waals surface area contributed by atoms with Crippen molar-refractivity contribution >= 4 is 11.8 Å². The average molecular weight is 268 g/mol. The highest BCUT2D eigenvalue weighted by atomic mass is 15.0. The highest BCUT2D eigenvalue weighted by Gasteiger charge is 2.11. The van der Waals surface area contributed by atoms with Crippen molar-refractivity contribution in [2.75, 3.05) is 6.54 Å². The van der Waals surface area contributed by atoms with E-state index < -0.39 is 0 Å². The zero-order chi connectivity index (χ0) is 14.8. The highest BCUT2D eigenvalue weighted by Crippen LogP contribution is 2.28. The lowest BCUT2D eigenvalue weighted by Crippen LogP contribution is -2.12. The molecule has 1 aliphatic rings. The van der Waals surface area contributed by atoms with Crippen molar-refractivity contribution in [1.29, 1.82) is 0 Å². The lowest BCUT2D eigenvalue weighted by Gasteiger charge is -2.12. The molecule has 1 aliphatic heterocycles. The quantitative estimate of drug-likeness (QED) is 0.849. The molecule has 0 aliphatic carbocycles. The minimum absolute atomic E-state index is 0.844. The van der Waals surface area contributed by atoms with Crippen LogP contribution >= 0.6 is 0 Å². The first-order valence-electron chi connectivity index (χ1n) is 7.26. The normalized spacial score (nSPS) is 13.8. The van der Waals surface area contributed by atoms with Crippen molar-refractivity contribution in [2.24, 2.45) is 4.99 Å². The maximum absolute atomic E-state index is 4.46. The molecule has 1 aromatic carbocycles. The molecule has 1 N–H and O–H groups in total. The molecule has 1 heterocycles. The van der Waals surface area contributed by atoms with Gasteiger partial charge in [-0.25, -0.2) is 4.99 Å². The van der Waals surface area contributed by atoms with E-state index in [2.05, 4.69) is 54.2 Å². The molecule has 0 unspecified atom stereocenters. The second-order valence-corrected chi connectivity index (χ2v) is 4.03. The largest absolute Gasteiger partial charge is 0.370 e. The SMILES string of the molecule is C=CC1=C(NCC)N=CCC=C1c1ccccc1.CC. The van der Waals surface area contributed by atoms with Gasteiger partial charge in [0.2, 0.25) is 0 Å². The Morgan fingerprint density at radius 2 is 1.95 bits per heavy atom. The molecule has 0 atom stereocenters. The molecule has 0 aromatic heterocycles. The third-order valence-electron chi connectivity index (χ3n) is 2.83. The van der Waals surface area contributed by atoms with Crippen LogP contribution < -0.4 is 5.32 Å². The highest BCUT2D eigenvalue weighted by molar-refractivity contribution is 5.85. The Kier molecular flexibility index (Phi) is 7.12. The van der Waals surface area contributed by atoms with Gasteiger partial charge >= 0.3 is 0 Å². The van der Waals surface area contributed by atoms with Crippen molar-refractivity contribution in [3.8, 4) is 0 Å². The van der Waals surface area contributed by atoms with Crippen LogP contribution in [-0.2, 0) is 0 Å². The Balaban J connectivity index is 0.000000956. The van der Waals surface area contributed by atoms with Crippen LogP contribution in [0.2, 0.25) is 0 Å². The van der Waals surface area contributed by atoms with E-state index >= 15 is 0 Å². The number of nitrogens with one attached hydrogen (secondary N) is 1.